The Morgan fingerprint density at radius 1 is 1.30 bits per heavy atom. The number of benzene rings is 1. The van der Waals surface area contributed by atoms with Crippen LogP contribution in [0.1, 0.15) is 20.3 Å². The first-order valence-electron chi connectivity index (χ1n) is 7.06. The number of hydrogen-bond donors (Lipinski definition) is 2. The maximum Gasteiger partial charge on any atom is 0.225 e. The third kappa shape index (κ3) is 4.72. The van der Waals surface area contributed by atoms with Crippen LogP contribution in [-0.2, 0) is 4.79 Å². The van der Waals surface area contributed by atoms with Gasteiger partial charge in [-0.15, -0.1) is 0 Å². The minimum Gasteiger partial charge on any atom is -0.399 e. The third-order valence-corrected chi connectivity index (χ3v) is 4.57. The Morgan fingerprint density at radius 2 is 1.90 bits per heavy atom. The van der Waals surface area contributed by atoms with Gasteiger partial charge in [0.1, 0.15) is 0 Å². The number of nitrogens with two attached hydrogens (primary N) is 1. The molecule has 1 heterocycles. The average molecular weight is 293 g/mol. The average Bonchev–Trinajstić information content (AvgIpc) is 2.38. The number of nitrogens with zero attached hydrogens (tertiary/aromatic N) is 1. The van der Waals surface area contributed by atoms with Crippen molar-refractivity contribution >= 4 is 29.0 Å². The zero-order valence-electron chi connectivity index (χ0n) is 12.1. The van der Waals surface area contributed by atoms with Crippen LogP contribution in [0.3, 0.4) is 0 Å². The molecular weight excluding hydrogens is 270 g/mol. The van der Waals surface area contributed by atoms with Crippen LogP contribution in [0.25, 0.3) is 0 Å². The van der Waals surface area contributed by atoms with E-state index in [1.807, 2.05) is 23.9 Å². The van der Waals surface area contributed by atoms with E-state index in [4.69, 9.17) is 5.73 Å². The van der Waals surface area contributed by atoms with Gasteiger partial charge < -0.3 is 16.0 Å². The van der Waals surface area contributed by atoms with Gasteiger partial charge in [0.15, 0.2) is 0 Å². The molecule has 1 saturated heterocycles. The first kappa shape index (κ1) is 15.2. The molecule has 2 atom stereocenters. The predicted octanol–water partition coefficient (Wildman–Crippen LogP) is 2.42. The Balaban J connectivity index is 1.76. The van der Waals surface area contributed by atoms with Crippen molar-refractivity contribution in [1.29, 1.82) is 0 Å². The summed E-state index contributed by atoms with van der Waals surface area (Å²) in [4.78, 5) is 14.3. The standard InChI is InChI=1S/C15H23N3OS/c1-11-9-18(10-12(2)20-11)8-7-15(19)17-14-5-3-13(16)4-6-14/h3-6,11-12H,7-10,16H2,1-2H3,(H,17,19). The lowest BCUT2D eigenvalue weighted by atomic mass is 10.2. The molecule has 3 N–H and O–H groups in total. The Labute approximate surface area is 125 Å². The Bertz CT molecular complexity index is 439. The number of amides is 1. The van der Waals surface area contributed by atoms with Crippen LogP contribution in [0.4, 0.5) is 11.4 Å². The molecule has 20 heavy (non-hydrogen) atoms. The Kier molecular flexibility index (Phi) is 5.31. The minimum absolute atomic E-state index is 0.0632. The number of hydrogen-bond acceptors (Lipinski definition) is 4. The smallest absolute Gasteiger partial charge is 0.225 e. The highest BCUT2D eigenvalue weighted by atomic mass is 32.2. The van der Waals surface area contributed by atoms with Crippen molar-refractivity contribution in [1.82, 2.24) is 4.90 Å². The largest absolute Gasteiger partial charge is 0.399 e. The molecular formula is C15H23N3OS. The SMILES string of the molecule is CC1CN(CCC(=O)Nc2ccc(N)cc2)CC(C)S1. The van der Waals surface area contributed by atoms with Crippen molar-refractivity contribution in [3.8, 4) is 0 Å². The first-order chi connectivity index (χ1) is 9.52. The summed E-state index contributed by atoms with van der Waals surface area (Å²) in [5, 5.41) is 4.21. The zero-order valence-corrected chi connectivity index (χ0v) is 13.0. The fourth-order valence-corrected chi connectivity index (χ4v) is 3.90. The van der Waals surface area contributed by atoms with Crippen LogP contribution in [-0.4, -0.2) is 40.9 Å². The molecule has 1 aliphatic rings. The fraction of sp³-hybridized carbons (Fsp3) is 0.533. The van der Waals surface area contributed by atoms with Gasteiger partial charge in [-0.3, -0.25) is 4.79 Å². The molecule has 1 aromatic carbocycles. The predicted molar refractivity (Wildman–Crippen MR) is 87.1 cm³/mol. The molecule has 0 aromatic heterocycles. The molecule has 1 amide bonds. The lowest BCUT2D eigenvalue weighted by Crippen LogP contribution is -2.41. The topological polar surface area (TPSA) is 58.4 Å². The molecule has 1 aromatic rings. The highest BCUT2D eigenvalue weighted by molar-refractivity contribution is 8.00. The summed E-state index contributed by atoms with van der Waals surface area (Å²) in [5.41, 5.74) is 7.13. The Hall–Kier alpha value is -1.20. The maximum absolute atomic E-state index is 11.9. The van der Waals surface area contributed by atoms with Crippen molar-refractivity contribution < 1.29 is 4.79 Å². The summed E-state index contributed by atoms with van der Waals surface area (Å²) in [6.07, 6.45) is 0.536. The van der Waals surface area contributed by atoms with Gasteiger partial charge in [0.05, 0.1) is 0 Å². The van der Waals surface area contributed by atoms with Gasteiger partial charge in [0, 0.05) is 47.9 Å². The summed E-state index contributed by atoms with van der Waals surface area (Å²) < 4.78 is 0. The summed E-state index contributed by atoms with van der Waals surface area (Å²) in [6, 6.07) is 7.24. The monoisotopic (exact) mass is 293 g/mol. The van der Waals surface area contributed by atoms with E-state index in [9.17, 15) is 4.79 Å². The number of carbonyl (C=O) groups excluding carboxylic acids is 1. The molecule has 2 rings (SSSR count). The van der Waals surface area contributed by atoms with Crippen LogP contribution >= 0.6 is 11.8 Å². The lowest BCUT2D eigenvalue weighted by Gasteiger charge is -2.34. The molecule has 4 nitrogen and oxygen atoms in total. The molecule has 5 heteroatoms. The number of thioether (sulfide) groups is 1. The Morgan fingerprint density at radius 3 is 2.50 bits per heavy atom. The maximum atomic E-state index is 11.9. The van der Waals surface area contributed by atoms with E-state index >= 15 is 0 Å². The van der Waals surface area contributed by atoms with Crippen LogP contribution < -0.4 is 11.1 Å². The second-order valence-electron chi connectivity index (χ2n) is 5.44. The van der Waals surface area contributed by atoms with Crippen molar-refractivity contribution in [2.45, 2.75) is 30.8 Å². The second kappa shape index (κ2) is 6.99. The van der Waals surface area contributed by atoms with Crippen molar-refractivity contribution in [3.05, 3.63) is 24.3 Å². The minimum atomic E-state index is 0.0632. The van der Waals surface area contributed by atoms with Crippen molar-refractivity contribution in [2.24, 2.45) is 0 Å². The molecule has 110 valence electrons. The summed E-state index contributed by atoms with van der Waals surface area (Å²) in [5.74, 6) is 0.0632. The van der Waals surface area contributed by atoms with E-state index in [2.05, 4.69) is 24.1 Å². The quantitative estimate of drug-likeness (QED) is 0.837. The van der Waals surface area contributed by atoms with E-state index in [0.717, 1.165) is 25.3 Å². The van der Waals surface area contributed by atoms with Crippen molar-refractivity contribution in [2.75, 3.05) is 30.7 Å². The van der Waals surface area contributed by atoms with Gasteiger partial charge in [0.25, 0.3) is 0 Å². The highest BCUT2D eigenvalue weighted by Gasteiger charge is 2.22. The van der Waals surface area contributed by atoms with Gasteiger partial charge >= 0.3 is 0 Å². The molecule has 0 saturated carbocycles. The van der Waals surface area contributed by atoms with E-state index in [1.54, 1.807) is 12.1 Å². The molecule has 0 bridgehead atoms. The summed E-state index contributed by atoms with van der Waals surface area (Å²) in [7, 11) is 0. The van der Waals surface area contributed by atoms with Crippen LogP contribution in [0.2, 0.25) is 0 Å². The normalized spacial score (nSPS) is 23.5. The van der Waals surface area contributed by atoms with Gasteiger partial charge in [-0.2, -0.15) is 11.8 Å². The number of rotatable bonds is 4. The fourth-order valence-electron chi connectivity index (χ4n) is 2.52. The molecule has 0 aliphatic carbocycles. The summed E-state index contributed by atoms with van der Waals surface area (Å²) in [6.45, 7) is 7.48. The van der Waals surface area contributed by atoms with Crippen LogP contribution in [0.15, 0.2) is 24.3 Å². The molecule has 1 fully saturated rings. The number of carbonyl (C=O) groups is 1. The van der Waals surface area contributed by atoms with Crippen LogP contribution in [0, 0.1) is 0 Å². The van der Waals surface area contributed by atoms with E-state index in [1.165, 1.54) is 0 Å². The van der Waals surface area contributed by atoms with Gasteiger partial charge in [-0.1, -0.05) is 13.8 Å². The van der Waals surface area contributed by atoms with Crippen LogP contribution in [0.5, 0.6) is 0 Å². The van der Waals surface area contributed by atoms with Crippen molar-refractivity contribution in [3.63, 3.8) is 0 Å². The summed E-state index contributed by atoms with van der Waals surface area (Å²) >= 11 is 2.03. The number of anilines is 2. The molecule has 0 radical (unpaired) electrons. The second-order valence-corrected chi connectivity index (χ2v) is 7.32. The van der Waals surface area contributed by atoms with E-state index < -0.39 is 0 Å². The molecule has 1 aliphatic heterocycles. The molecule has 2 unspecified atom stereocenters. The van der Waals surface area contributed by atoms with E-state index in [-0.39, 0.29) is 5.91 Å². The van der Waals surface area contributed by atoms with Gasteiger partial charge in [-0.05, 0) is 24.3 Å². The number of nitrogens with one attached hydrogen (secondary N) is 1. The van der Waals surface area contributed by atoms with Gasteiger partial charge in [-0.25, -0.2) is 0 Å². The van der Waals surface area contributed by atoms with Gasteiger partial charge in [0.2, 0.25) is 5.91 Å². The third-order valence-electron chi connectivity index (χ3n) is 3.34. The number of nitrogen functional groups attached to an aromatic ring is 1. The molecule has 0 spiro atoms. The zero-order chi connectivity index (χ0) is 14.5. The lowest BCUT2D eigenvalue weighted by molar-refractivity contribution is -0.116. The highest BCUT2D eigenvalue weighted by Crippen LogP contribution is 2.24. The first-order valence-corrected chi connectivity index (χ1v) is 8.00. The van der Waals surface area contributed by atoms with E-state index in [0.29, 0.717) is 22.6 Å².